The zero-order valence-corrected chi connectivity index (χ0v) is 24.6. The van der Waals surface area contributed by atoms with Crippen molar-refractivity contribution < 1.29 is 19.6 Å². The molecule has 0 aliphatic heterocycles. The van der Waals surface area contributed by atoms with Crippen LogP contribution in [0.1, 0.15) is 114 Å². The fourth-order valence-electron chi connectivity index (χ4n) is 5.09. The molecule has 0 spiro atoms. The SMILES string of the molecule is O=Cc1ccc(Br)s1.O=Cc1ccc(CCCC2CCCCC2)s1.OB(O)CCCC1CCCCC1. The molecule has 0 amide bonds. The topological polar surface area (TPSA) is 74.6 Å². The molecule has 0 radical (unpaired) electrons. The van der Waals surface area contributed by atoms with Gasteiger partial charge in [-0.2, -0.15) is 0 Å². The predicted molar refractivity (Wildman–Crippen MR) is 157 cm³/mol. The fraction of sp³-hybridized carbons (Fsp3) is 0.643. The third kappa shape index (κ3) is 14.2. The van der Waals surface area contributed by atoms with Gasteiger partial charge in [-0.05, 0) is 71.2 Å². The van der Waals surface area contributed by atoms with Crippen LogP contribution < -0.4 is 0 Å². The molecule has 0 saturated heterocycles. The number of hydrogen-bond donors (Lipinski definition) is 2. The highest BCUT2D eigenvalue weighted by Gasteiger charge is 2.14. The normalized spacial score (nSPS) is 16.3. The van der Waals surface area contributed by atoms with Gasteiger partial charge in [0.25, 0.3) is 0 Å². The number of rotatable bonds is 10. The first kappa shape index (κ1) is 31.4. The number of carbonyl (C=O) groups excluding carboxylic acids is 2. The number of thiophene rings is 2. The molecule has 2 aliphatic carbocycles. The molecule has 0 bridgehead atoms. The van der Waals surface area contributed by atoms with Crippen LogP contribution in [-0.2, 0) is 6.42 Å². The molecular weight excluding hydrogens is 555 g/mol. The van der Waals surface area contributed by atoms with Gasteiger partial charge in [0.2, 0.25) is 0 Å². The number of hydrogen-bond acceptors (Lipinski definition) is 6. The molecule has 0 unspecified atom stereocenters. The Labute approximate surface area is 234 Å². The van der Waals surface area contributed by atoms with Crippen LogP contribution >= 0.6 is 38.6 Å². The summed E-state index contributed by atoms with van der Waals surface area (Å²) in [5.41, 5.74) is 0. The molecule has 2 aliphatic rings. The summed E-state index contributed by atoms with van der Waals surface area (Å²) in [5.74, 6) is 1.86. The van der Waals surface area contributed by atoms with Crippen LogP contribution in [0.25, 0.3) is 0 Å². The largest absolute Gasteiger partial charge is 0.451 e. The van der Waals surface area contributed by atoms with E-state index in [0.717, 1.165) is 50.8 Å². The minimum atomic E-state index is -1.09. The average molecular weight is 597 g/mol. The van der Waals surface area contributed by atoms with Gasteiger partial charge in [0.15, 0.2) is 12.6 Å². The second-order valence-corrected chi connectivity index (χ2v) is 13.7. The molecule has 4 rings (SSSR count). The molecule has 2 aromatic rings. The van der Waals surface area contributed by atoms with E-state index in [4.69, 9.17) is 10.0 Å². The molecule has 8 heteroatoms. The highest BCUT2D eigenvalue weighted by Crippen LogP contribution is 2.29. The average Bonchev–Trinajstić information content (AvgIpc) is 3.54. The van der Waals surface area contributed by atoms with Gasteiger partial charge in [0.05, 0.1) is 13.5 Å². The summed E-state index contributed by atoms with van der Waals surface area (Å²) in [4.78, 5) is 23.6. The molecule has 4 nitrogen and oxygen atoms in total. The third-order valence-corrected chi connectivity index (χ3v) is 9.69. The van der Waals surface area contributed by atoms with E-state index in [1.807, 2.05) is 12.1 Å². The van der Waals surface area contributed by atoms with Crippen LogP contribution in [0.15, 0.2) is 28.1 Å². The van der Waals surface area contributed by atoms with Gasteiger partial charge < -0.3 is 10.0 Å². The maximum atomic E-state index is 10.6. The summed E-state index contributed by atoms with van der Waals surface area (Å²) in [6.07, 6.45) is 22.5. The Morgan fingerprint density at radius 3 is 1.75 bits per heavy atom. The van der Waals surface area contributed by atoms with E-state index in [9.17, 15) is 9.59 Å². The number of halogens is 1. The Kier molecular flexibility index (Phi) is 16.8. The molecule has 0 aromatic carbocycles. The van der Waals surface area contributed by atoms with Gasteiger partial charge in [-0.1, -0.05) is 83.5 Å². The van der Waals surface area contributed by atoms with Crippen LogP contribution in [0, 0.1) is 11.8 Å². The summed E-state index contributed by atoms with van der Waals surface area (Å²) in [7, 11) is -1.09. The lowest BCUT2D eigenvalue weighted by atomic mass is 9.79. The van der Waals surface area contributed by atoms with Crippen LogP contribution in [0.2, 0.25) is 6.32 Å². The second-order valence-electron chi connectivity index (χ2n) is 9.99. The van der Waals surface area contributed by atoms with E-state index in [1.54, 1.807) is 17.4 Å². The highest BCUT2D eigenvalue weighted by molar-refractivity contribution is 9.11. The molecule has 2 saturated carbocycles. The first-order chi connectivity index (χ1) is 17.5. The van der Waals surface area contributed by atoms with Crippen molar-refractivity contribution in [1.82, 2.24) is 0 Å². The van der Waals surface area contributed by atoms with Gasteiger partial charge in [-0.25, -0.2) is 0 Å². The van der Waals surface area contributed by atoms with Crippen molar-refractivity contribution in [1.29, 1.82) is 0 Å². The molecule has 36 heavy (non-hydrogen) atoms. The smallest absolute Gasteiger partial charge is 0.427 e. The summed E-state index contributed by atoms with van der Waals surface area (Å²) < 4.78 is 1.000. The molecular formula is C28H42BBrO4S2. The van der Waals surface area contributed by atoms with Crippen molar-refractivity contribution in [3.63, 3.8) is 0 Å². The van der Waals surface area contributed by atoms with Gasteiger partial charge in [0, 0.05) is 4.88 Å². The van der Waals surface area contributed by atoms with Gasteiger partial charge in [-0.3, -0.25) is 9.59 Å². The highest BCUT2D eigenvalue weighted by atomic mass is 79.9. The first-order valence-corrected chi connectivity index (χ1v) is 16.0. The number of aryl methyl sites for hydroxylation is 1. The fourth-order valence-corrected chi connectivity index (χ4v) is 7.20. The Balaban J connectivity index is 0.000000202. The summed E-state index contributed by atoms with van der Waals surface area (Å²) in [6, 6.07) is 7.68. The molecule has 2 N–H and O–H groups in total. The lowest BCUT2D eigenvalue weighted by Crippen LogP contribution is -2.12. The summed E-state index contributed by atoms with van der Waals surface area (Å²) in [5, 5.41) is 17.3. The van der Waals surface area contributed by atoms with Crippen LogP contribution in [0.5, 0.6) is 0 Å². The van der Waals surface area contributed by atoms with Gasteiger partial charge in [-0.15, -0.1) is 22.7 Å². The van der Waals surface area contributed by atoms with Crippen LogP contribution in [-0.4, -0.2) is 29.7 Å². The molecule has 2 heterocycles. The molecule has 2 fully saturated rings. The van der Waals surface area contributed by atoms with Gasteiger partial charge in [0.1, 0.15) is 0 Å². The lowest BCUT2D eigenvalue weighted by molar-refractivity contribution is 0.111. The quantitative estimate of drug-likeness (QED) is 0.213. The van der Waals surface area contributed by atoms with E-state index in [2.05, 4.69) is 22.0 Å². The van der Waals surface area contributed by atoms with Crippen molar-refractivity contribution in [2.75, 3.05) is 0 Å². The van der Waals surface area contributed by atoms with Gasteiger partial charge >= 0.3 is 7.12 Å². The Bertz CT molecular complexity index is 842. The maximum Gasteiger partial charge on any atom is 0.451 e. The van der Waals surface area contributed by atoms with E-state index < -0.39 is 7.12 Å². The Morgan fingerprint density at radius 1 is 0.778 bits per heavy atom. The van der Waals surface area contributed by atoms with Crippen molar-refractivity contribution in [3.05, 3.63) is 42.7 Å². The van der Waals surface area contributed by atoms with E-state index in [0.29, 0.717) is 6.32 Å². The van der Waals surface area contributed by atoms with E-state index >= 15 is 0 Å². The Morgan fingerprint density at radius 2 is 1.31 bits per heavy atom. The van der Waals surface area contributed by atoms with Crippen molar-refractivity contribution >= 4 is 58.3 Å². The third-order valence-electron chi connectivity index (χ3n) is 7.07. The van der Waals surface area contributed by atoms with Crippen LogP contribution in [0.4, 0.5) is 0 Å². The van der Waals surface area contributed by atoms with Crippen LogP contribution in [0.3, 0.4) is 0 Å². The van der Waals surface area contributed by atoms with Crippen molar-refractivity contribution in [2.24, 2.45) is 11.8 Å². The maximum absolute atomic E-state index is 10.6. The summed E-state index contributed by atoms with van der Waals surface area (Å²) >= 11 is 6.32. The predicted octanol–water partition coefficient (Wildman–Crippen LogP) is 8.61. The minimum absolute atomic E-state index is 0.552. The minimum Gasteiger partial charge on any atom is -0.427 e. The first-order valence-electron chi connectivity index (χ1n) is 13.6. The van der Waals surface area contributed by atoms with E-state index in [1.165, 1.54) is 99.7 Å². The zero-order chi connectivity index (χ0) is 26.0. The monoisotopic (exact) mass is 596 g/mol. The molecule has 0 atom stereocenters. The lowest BCUT2D eigenvalue weighted by Gasteiger charge is -2.21. The van der Waals surface area contributed by atoms with Crippen molar-refractivity contribution in [2.45, 2.75) is 103 Å². The van der Waals surface area contributed by atoms with Crippen molar-refractivity contribution in [3.8, 4) is 0 Å². The molecule has 200 valence electrons. The standard InChI is InChI=1S/C14H20OS.C9H19BO2.C5H3BrOS/c15-11-14-10-9-13(16-14)8-4-7-12-5-2-1-3-6-12;11-10(12)8-4-7-9-5-2-1-3-6-9;6-5-2-1-4(3-7)8-5/h9-12H,1-8H2;9,11-12H,1-8H2;1-3H. The summed E-state index contributed by atoms with van der Waals surface area (Å²) in [6.45, 7) is 0. The second kappa shape index (κ2) is 19.3. The van der Waals surface area contributed by atoms with E-state index in [-0.39, 0.29) is 0 Å². The number of carbonyl (C=O) groups is 2. The number of aldehydes is 2. The Hall–Kier alpha value is -0.795. The molecule has 2 aromatic heterocycles. The zero-order valence-electron chi connectivity index (χ0n) is 21.4.